The van der Waals surface area contributed by atoms with E-state index in [1.165, 1.54) is 19.3 Å². The van der Waals surface area contributed by atoms with E-state index in [9.17, 15) is 13.2 Å². The molecule has 1 aromatic rings. The van der Waals surface area contributed by atoms with Gasteiger partial charge in [-0.1, -0.05) is 6.42 Å². The van der Waals surface area contributed by atoms with Gasteiger partial charge in [0.1, 0.15) is 4.90 Å². The van der Waals surface area contributed by atoms with Gasteiger partial charge in [0.05, 0.1) is 5.69 Å². The summed E-state index contributed by atoms with van der Waals surface area (Å²) in [6, 6.07) is 5.41. The Hall–Kier alpha value is -1.64. The van der Waals surface area contributed by atoms with Gasteiger partial charge in [0.15, 0.2) is 0 Å². The molecule has 0 aromatic heterocycles. The molecule has 3 saturated heterocycles. The first-order valence-electron chi connectivity index (χ1n) is 12.9. The fraction of sp³-hybridized carbons (Fsp3) is 0.720. The van der Waals surface area contributed by atoms with Crippen LogP contribution >= 0.6 is 0 Å². The quantitative estimate of drug-likeness (QED) is 0.634. The number of benzene rings is 1. The number of anilines is 1. The van der Waals surface area contributed by atoms with E-state index in [2.05, 4.69) is 9.80 Å². The Bertz CT molecular complexity index is 942. The lowest BCUT2D eigenvalue weighted by molar-refractivity contribution is 0.0632. The Kier molecular flexibility index (Phi) is 6.95. The van der Waals surface area contributed by atoms with E-state index >= 15 is 0 Å². The molecule has 4 fully saturated rings. The first-order valence-corrected chi connectivity index (χ1v) is 14.4. The number of sulfonamides is 1. The first-order chi connectivity index (χ1) is 16.0. The number of carbonyl (C=O) groups excluding carboxylic acids is 1. The van der Waals surface area contributed by atoms with E-state index in [0.29, 0.717) is 36.6 Å². The van der Waals surface area contributed by atoms with Crippen LogP contribution in [0.25, 0.3) is 0 Å². The minimum atomic E-state index is -3.63. The van der Waals surface area contributed by atoms with Crippen LogP contribution in [-0.4, -0.2) is 87.3 Å². The van der Waals surface area contributed by atoms with Gasteiger partial charge >= 0.3 is 0 Å². The van der Waals surface area contributed by atoms with Gasteiger partial charge in [-0.2, -0.15) is 4.31 Å². The van der Waals surface area contributed by atoms with Gasteiger partial charge in [0.2, 0.25) is 10.0 Å². The number of carbonyl (C=O) groups is 1. The maximum atomic E-state index is 13.7. The average Bonchev–Trinajstić information content (AvgIpc) is 3.69. The summed E-state index contributed by atoms with van der Waals surface area (Å²) in [7, 11) is -3.63. The van der Waals surface area contributed by atoms with E-state index in [4.69, 9.17) is 0 Å². The van der Waals surface area contributed by atoms with Crippen LogP contribution in [0.3, 0.4) is 0 Å². The molecule has 0 N–H and O–H groups in total. The minimum Gasteiger partial charge on any atom is -0.370 e. The highest BCUT2D eigenvalue weighted by Crippen LogP contribution is 2.33. The van der Waals surface area contributed by atoms with Gasteiger partial charge in [0, 0.05) is 64.5 Å². The monoisotopic (exact) mass is 474 g/mol. The summed E-state index contributed by atoms with van der Waals surface area (Å²) in [6.07, 6.45) is 8.92. The van der Waals surface area contributed by atoms with Crippen LogP contribution in [0, 0.1) is 5.92 Å². The third kappa shape index (κ3) is 5.23. The molecule has 0 spiro atoms. The number of piperidine rings is 2. The summed E-state index contributed by atoms with van der Waals surface area (Å²) in [5.74, 6) is 0.818. The highest BCUT2D eigenvalue weighted by atomic mass is 32.2. The Balaban J connectivity index is 1.39. The van der Waals surface area contributed by atoms with Crippen LogP contribution in [0.1, 0.15) is 61.7 Å². The van der Waals surface area contributed by atoms with Crippen molar-refractivity contribution in [1.82, 2.24) is 14.1 Å². The smallest absolute Gasteiger partial charge is 0.253 e. The van der Waals surface area contributed by atoms with Crippen LogP contribution in [-0.2, 0) is 10.0 Å². The number of rotatable bonds is 6. The Morgan fingerprint density at radius 2 is 1.45 bits per heavy atom. The van der Waals surface area contributed by atoms with Crippen molar-refractivity contribution in [3.63, 3.8) is 0 Å². The van der Waals surface area contributed by atoms with Crippen LogP contribution in [0.15, 0.2) is 23.1 Å². The molecule has 3 heterocycles. The van der Waals surface area contributed by atoms with Crippen LogP contribution in [0.4, 0.5) is 5.69 Å². The summed E-state index contributed by atoms with van der Waals surface area (Å²) in [5, 5.41) is 0. The Morgan fingerprint density at radius 3 is 2.09 bits per heavy atom. The number of nitrogens with zero attached hydrogens (tertiary/aromatic N) is 4. The molecule has 1 saturated carbocycles. The van der Waals surface area contributed by atoms with E-state index < -0.39 is 10.0 Å². The van der Waals surface area contributed by atoms with E-state index in [1.54, 1.807) is 10.4 Å². The largest absolute Gasteiger partial charge is 0.370 e. The predicted molar refractivity (Wildman–Crippen MR) is 130 cm³/mol. The molecule has 0 unspecified atom stereocenters. The SMILES string of the molecule is O=C(c1ccc(N2CCCCC2)c(S(=O)(=O)N2CCCCC2)c1)N1CCN(CC2CC2)CC1. The van der Waals surface area contributed by atoms with Gasteiger partial charge < -0.3 is 9.80 Å². The van der Waals surface area contributed by atoms with Crippen molar-refractivity contribution in [1.29, 1.82) is 0 Å². The van der Waals surface area contributed by atoms with Crippen molar-refractivity contribution >= 4 is 21.6 Å². The average molecular weight is 475 g/mol. The van der Waals surface area contributed by atoms with Crippen molar-refractivity contribution in [3.8, 4) is 0 Å². The van der Waals surface area contributed by atoms with E-state index in [1.807, 2.05) is 17.0 Å². The molecule has 1 aromatic carbocycles. The lowest BCUT2D eigenvalue weighted by atomic mass is 10.1. The van der Waals surface area contributed by atoms with E-state index in [-0.39, 0.29) is 5.91 Å². The molecule has 0 radical (unpaired) electrons. The summed E-state index contributed by atoms with van der Waals surface area (Å²) >= 11 is 0. The van der Waals surface area contributed by atoms with Crippen LogP contribution in [0.5, 0.6) is 0 Å². The second-order valence-electron chi connectivity index (χ2n) is 10.2. The van der Waals surface area contributed by atoms with Gasteiger partial charge in [-0.3, -0.25) is 9.69 Å². The molecule has 1 aliphatic carbocycles. The predicted octanol–water partition coefficient (Wildman–Crippen LogP) is 3.02. The number of hydrogen-bond donors (Lipinski definition) is 0. The molecular formula is C25H38N4O3S. The highest BCUT2D eigenvalue weighted by molar-refractivity contribution is 7.89. The molecule has 5 rings (SSSR count). The first kappa shape index (κ1) is 23.1. The van der Waals surface area contributed by atoms with Crippen molar-refractivity contribution < 1.29 is 13.2 Å². The molecular weight excluding hydrogens is 436 g/mol. The highest BCUT2D eigenvalue weighted by Gasteiger charge is 2.32. The third-order valence-electron chi connectivity index (χ3n) is 7.71. The lowest BCUT2D eigenvalue weighted by Crippen LogP contribution is -2.49. The molecule has 7 nitrogen and oxygen atoms in total. The maximum absolute atomic E-state index is 13.7. The zero-order valence-corrected chi connectivity index (χ0v) is 20.6. The maximum Gasteiger partial charge on any atom is 0.253 e. The zero-order valence-electron chi connectivity index (χ0n) is 19.8. The van der Waals surface area contributed by atoms with Crippen LogP contribution < -0.4 is 4.90 Å². The number of hydrogen-bond acceptors (Lipinski definition) is 5. The van der Waals surface area contributed by atoms with Crippen molar-refractivity contribution in [2.45, 2.75) is 56.3 Å². The van der Waals surface area contributed by atoms with E-state index in [0.717, 1.165) is 76.4 Å². The molecule has 1 amide bonds. The molecule has 4 aliphatic rings. The number of amides is 1. The molecule has 33 heavy (non-hydrogen) atoms. The second-order valence-corrected chi connectivity index (χ2v) is 12.1. The minimum absolute atomic E-state index is 0.0404. The Morgan fingerprint density at radius 1 is 0.818 bits per heavy atom. The molecule has 3 aliphatic heterocycles. The second kappa shape index (κ2) is 9.92. The summed E-state index contributed by atoms with van der Waals surface area (Å²) < 4.78 is 29.1. The standard InChI is InChI=1S/C25H38N4O3S/c30-25(28-17-15-26(16-18-28)20-21-7-8-21)22-9-10-23(27-11-3-1-4-12-27)24(19-22)33(31,32)29-13-5-2-6-14-29/h9-10,19,21H,1-8,11-18,20H2. The fourth-order valence-electron chi connectivity index (χ4n) is 5.48. The molecule has 182 valence electrons. The van der Waals surface area contributed by atoms with Gasteiger partial charge in [0.25, 0.3) is 5.91 Å². The lowest BCUT2D eigenvalue weighted by Gasteiger charge is -2.35. The van der Waals surface area contributed by atoms with Crippen molar-refractivity contribution in [2.24, 2.45) is 5.92 Å². The molecule has 8 heteroatoms. The summed E-state index contributed by atoms with van der Waals surface area (Å²) in [5.41, 5.74) is 1.27. The third-order valence-corrected chi connectivity index (χ3v) is 9.64. The Labute approximate surface area is 198 Å². The summed E-state index contributed by atoms with van der Waals surface area (Å²) in [6.45, 7) is 7.30. The number of piperazine rings is 1. The van der Waals surface area contributed by atoms with Crippen molar-refractivity contribution in [2.75, 3.05) is 63.8 Å². The van der Waals surface area contributed by atoms with Crippen molar-refractivity contribution in [3.05, 3.63) is 23.8 Å². The van der Waals surface area contributed by atoms with Crippen LogP contribution in [0.2, 0.25) is 0 Å². The summed E-state index contributed by atoms with van der Waals surface area (Å²) in [4.78, 5) is 20.3. The van der Waals surface area contributed by atoms with Gasteiger partial charge in [-0.25, -0.2) is 8.42 Å². The van der Waals surface area contributed by atoms with Gasteiger partial charge in [-0.15, -0.1) is 0 Å². The fourth-order valence-corrected chi connectivity index (χ4v) is 7.23. The normalized spacial score (nSPS) is 23.6. The zero-order chi connectivity index (χ0) is 22.8. The molecule has 0 atom stereocenters. The molecule has 0 bridgehead atoms. The topological polar surface area (TPSA) is 64.2 Å². The van der Waals surface area contributed by atoms with Gasteiger partial charge in [-0.05, 0) is 69.1 Å².